The minimum absolute atomic E-state index is 0.0875. The molecule has 2 aliphatic rings. The second kappa shape index (κ2) is 12.4. The molecule has 0 amide bonds. The summed E-state index contributed by atoms with van der Waals surface area (Å²) in [6.45, 7) is 0.365. The minimum Gasteiger partial charge on any atom is -0.497 e. The van der Waals surface area contributed by atoms with E-state index in [1.165, 1.54) is 30.9 Å². The zero-order valence-corrected chi connectivity index (χ0v) is 20.8. The van der Waals surface area contributed by atoms with E-state index >= 15 is 0 Å². The highest BCUT2D eigenvalue weighted by atomic mass is 19.1. The van der Waals surface area contributed by atoms with Gasteiger partial charge in [0.05, 0.1) is 7.11 Å². The lowest BCUT2D eigenvalue weighted by Crippen LogP contribution is -2.00. The van der Waals surface area contributed by atoms with Gasteiger partial charge in [-0.15, -0.1) is 0 Å². The molecular formula is C31H33FO4. The van der Waals surface area contributed by atoms with E-state index < -0.39 is 5.97 Å². The van der Waals surface area contributed by atoms with Crippen LogP contribution in [-0.4, -0.2) is 18.2 Å². The van der Waals surface area contributed by atoms with Crippen LogP contribution in [0.1, 0.15) is 61.6 Å². The number of benzene rings is 3. The first-order valence-electron chi connectivity index (χ1n) is 12.6. The fourth-order valence-electron chi connectivity index (χ4n) is 4.14. The normalized spacial score (nSPS) is 13.9. The molecule has 0 aliphatic heterocycles. The molecule has 3 aromatic carbocycles. The Bertz CT molecular complexity index is 1230. The maximum Gasteiger partial charge on any atom is 0.303 e. The average molecular weight is 489 g/mol. The Hall–Kier alpha value is -3.60. The number of halogens is 1. The summed E-state index contributed by atoms with van der Waals surface area (Å²) in [5, 5.41) is 8.90. The van der Waals surface area contributed by atoms with Crippen molar-refractivity contribution in [2.75, 3.05) is 7.11 Å². The molecule has 1 fully saturated rings. The van der Waals surface area contributed by atoms with Crippen molar-refractivity contribution >= 4 is 11.5 Å². The first-order valence-corrected chi connectivity index (χ1v) is 12.6. The van der Waals surface area contributed by atoms with Gasteiger partial charge in [-0.05, 0) is 89.9 Å². The highest BCUT2D eigenvalue weighted by molar-refractivity contribution is 5.83. The van der Waals surface area contributed by atoms with E-state index in [2.05, 4.69) is 12.1 Å². The standard InChI is InChI=1S/C28H27FO4.C3H6/c1-32-22-11-13-27(29)26(17-22)24-12-9-20(16-25(24)21-6-2-3-7-21)18-33-23-8-4-5-19(15-23)10-14-28(30)31;1-2-3-1/h4-6,8-9,11-13,15-17H,2-3,7,10,14,18H2,1H3,(H,30,31);1-3H2. The zero-order valence-electron chi connectivity index (χ0n) is 20.8. The van der Waals surface area contributed by atoms with Gasteiger partial charge in [-0.3, -0.25) is 4.79 Å². The van der Waals surface area contributed by atoms with Crippen LogP contribution in [0.3, 0.4) is 0 Å². The van der Waals surface area contributed by atoms with Crippen molar-refractivity contribution in [1.82, 2.24) is 0 Å². The lowest BCUT2D eigenvalue weighted by Gasteiger charge is -2.15. The van der Waals surface area contributed by atoms with Crippen molar-refractivity contribution < 1.29 is 23.8 Å². The van der Waals surface area contributed by atoms with E-state index in [0.29, 0.717) is 30.1 Å². The van der Waals surface area contributed by atoms with Crippen molar-refractivity contribution in [2.45, 2.75) is 58.0 Å². The van der Waals surface area contributed by atoms with Gasteiger partial charge in [-0.1, -0.05) is 49.6 Å². The van der Waals surface area contributed by atoms with Crippen LogP contribution in [0.2, 0.25) is 0 Å². The van der Waals surface area contributed by atoms with Crippen molar-refractivity contribution in [1.29, 1.82) is 0 Å². The SMILES string of the molecule is C1CC1.COc1ccc(F)c(-c2ccc(COc3cccc(CCC(=O)O)c3)cc2C2=CCCC2)c1. The fourth-order valence-corrected chi connectivity index (χ4v) is 4.14. The van der Waals surface area contributed by atoms with E-state index in [9.17, 15) is 9.18 Å². The maximum absolute atomic E-state index is 14.7. The summed E-state index contributed by atoms with van der Waals surface area (Å²) in [6, 6.07) is 18.3. The van der Waals surface area contributed by atoms with Crippen LogP contribution in [0.25, 0.3) is 16.7 Å². The van der Waals surface area contributed by atoms with Crippen molar-refractivity contribution in [2.24, 2.45) is 0 Å². The molecule has 1 N–H and O–H groups in total. The number of aliphatic carboxylic acids is 1. The average Bonchev–Trinajstić information content (AvgIpc) is 3.69. The second-order valence-electron chi connectivity index (χ2n) is 9.24. The summed E-state index contributed by atoms with van der Waals surface area (Å²) in [7, 11) is 1.58. The molecule has 0 aromatic heterocycles. The highest BCUT2D eigenvalue weighted by Crippen LogP contribution is 2.38. The third kappa shape index (κ3) is 7.20. The summed E-state index contributed by atoms with van der Waals surface area (Å²) >= 11 is 0. The number of aryl methyl sites for hydroxylation is 1. The van der Waals surface area contributed by atoms with Gasteiger partial charge in [0.2, 0.25) is 0 Å². The Balaban J connectivity index is 0.000000943. The molecule has 1 saturated carbocycles. The highest BCUT2D eigenvalue weighted by Gasteiger charge is 2.17. The molecule has 0 saturated heterocycles. The summed E-state index contributed by atoms with van der Waals surface area (Å²) in [5.41, 5.74) is 5.53. The van der Waals surface area contributed by atoms with Crippen molar-refractivity contribution in [3.05, 3.63) is 89.2 Å². The molecule has 36 heavy (non-hydrogen) atoms. The summed E-state index contributed by atoms with van der Waals surface area (Å²) in [6.07, 6.45) is 10.4. The molecule has 5 rings (SSSR count). The molecule has 188 valence electrons. The van der Waals surface area contributed by atoms with Gasteiger partial charge in [-0.25, -0.2) is 4.39 Å². The van der Waals surface area contributed by atoms with E-state index in [1.54, 1.807) is 19.2 Å². The van der Waals surface area contributed by atoms with Crippen LogP contribution < -0.4 is 9.47 Å². The van der Waals surface area contributed by atoms with Crippen LogP contribution >= 0.6 is 0 Å². The van der Waals surface area contributed by atoms with Gasteiger partial charge in [0, 0.05) is 12.0 Å². The molecular weight excluding hydrogens is 455 g/mol. The third-order valence-corrected chi connectivity index (χ3v) is 6.22. The first kappa shape index (κ1) is 25.5. The lowest BCUT2D eigenvalue weighted by atomic mass is 9.92. The number of hydrogen-bond acceptors (Lipinski definition) is 3. The predicted molar refractivity (Wildman–Crippen MR) is 141 cm³/mol. The van der Waals surface area contributed by atoms with Crippen LogP contribution in [-0.2, 0) is 17.8 Å². The number of rotatable bonds is 9. The molecule has 2 aliphatic carbocycles. The Kier molecular flexibility index (Phi) is 8.77. The molecule has 3 aromatic rings. The largest absolute Gasteiger partial charge is 0.497 e. The van der Waals surface area contributed by atoms with Gasteiger partial charge >= 0.3 is 5.97 Å². The Morgan fingerprint density at radius 2 is 1.72 bits per heavy atom. The molecule has 0 radical (unpaired) electrons. The second-order valence-corrected chi connectivity index (χ2v) is 9.24. The van der Waals surface area contributed by atoms with E-state index in [4.69, 9.17) is 14.6 Å². The number of methoxy groups -OCH3 is 1. The number of hydrogen-bond donors (Lipinski definition) is 1. The number of allylic oxidation sites excluding steroid dienone is 2. The van der Waals surface area contributed by atoms with Gasteiger partial charge < -0.3 is 14.6 Å². The van der Waals surface area contributed by atoms with E-state index in [1.807, 2.05) is 36.4 Å². The summed E-state index contributed by atoms with van der Waals surface area (Å²) in [5.74, 6) is 0.218. The number of ether oxygens (including phenoxy) is 2. The zero-order chi connectivity index (χ0) is 25.3. The van der Waals surface area contributed by atoms with Gasteiger partial charge in [0.1, 0.15) is 23.9 Å². The van der Waals surface area contributed by atoms with Crippen LogP contribution in [0, 0.1) is 5.82 Å². The molecule has 0 heterocycles. The van der Waals surface area contributed by atoms with Gasteiger partial charge in [-0.2, -0.15) is 0 Å². The van der Waals surface area contributed by atoms with E-state index in [-0.39, 0.29) is 12.2 Å². The Morgan fingerprint density at radius 3 is 2.42 bits per heavy atom. The molecule has 4 nitrogen and oxygen atoms in total. The van der Waals surface area contributed by atoms with Crippen LogP contribution in [0.15, 0.2) is 66.7 Å². The van der Waals surface area contributed by atoms with Gasteiger partial charge in [0.25, 0.3) is 0 Å². The number of carboxylic acid groups (broad SMARTS) is 1. The first-order chi connectivity index (χ1) is 17.5. The molecule has 0 atom stereocenters. The lowest BCUT2D eigenvalue weighted by molar-refractivity contribution is -0.136. The topological polar surface area (TPSA) is 55.8 Å². The smallest absolute Gasteiger partial charge is 0.303 e. The van der Waals surface area contributed by atoms with Crippen LogP contribution in [0.5, 0.6) is 11.5 Å². The Morgan fingerprint density at radius 1 is 0.889 bits per heavy atom. The van der Waals surface area contributed by atoms with E-state index in [0.717, 1.165) is 41.5 Å². The quantitative estimate of drug-likeness (QED) is 0.333. The summed E-state index contributed by atoms with van der Waals surface area (Å²) < 4.78 is 26.1. The predicted octanol–water partition coefficient (Wildman–Crippen LogP) is 7.84. The van der Waals surface area contributed by atoms with Gasteiger partial charge in [0.15, 0.2) is 0 Å². The third-order valence-electron chi connectivity index (χ3n) is 6.22. The van der Waals surface area contributed by atoms with Crippen molar-refractivity contribution in [3.63, 3.8) is 0 Å². The molecule has 0 unspecified atom stereocenters. The fraction of sp³-hybridized carbons (Fsp3) is 0.323. The Labute approximate surface area is 212 Å². The number of carbonyl (C=O) groups is 1. The summed E-state index contributed by atoms with van der Waals surface area (Å²) in [4.78, 5) is 10.8. The molecule has 0 spiro atoms. The molecule has 0 bridgehead atoms. The van der Waals surface area contributed by atoms with Crippen LogP contribution in [0.4, 0.5) is 4.39 Å². The minimum atomic E-state index is -0.817. The maximum atomic E-state index is 14.7. The molecule has 5 heteroatoms. The monoisotopic (exact) mass is 488 g/mol. The number of carboxylic acids is 1. The van der Waals surface area contributed by atoms with Crippen molar-refractivity contribution in [3.8, 4) is 22.6 Å².